The number of carboxylic acids is 1. The van der Waals surface area contributed by atoms with E-state index in [1.807, 2.05) is 29.0 Å². The third-order valence-electron chi connectivity index (χ3n) is 3.69. The quantitative estimate of drug-likeness (QED) is 0.905. The summed E-state index contributed by atoms with van der Waals surface area (Å²) in [5.41, 5.74) is 1.95. The molecule has 1 atom stereocenters. The van der Waals surface area contributed by atoms with Crippen molar-refractivity contribution < 1.29 is 14.6 Å². The van der Waals surface area contributed by atoms with Crippen molar-refractivity contribution in [3.63, 3.8) is 0 Å². The zero-order valence-corrected chi connectivity index (χ0v) is 11.0. The van der Waals surface area contributed by atoms with Crippen LogP contribution in [0.15, 0.2) is 36.9 Å². The van der Waals surface area contributed by atoms with Crippen molar-refractivity contribution in [2.75, 3.05) is 6.61 Å². The van der Waals surface area contributed by atoms with E-state index in [0.717, 1.165) is 29.8 Å². The lowest BCUT2D eigenvalue weighted by Gasteiger charge is -2.12. The van der Waals surface area contributed by atoms with Gasteiger partial charge in [0.25, 0.3) is 0 Å². The number of hydrogen-bond donors (Lipinski definition) is 1. The summed E-state index contributed by atoms with van der Waals surface area (Å²) in [6.45, 7) is 1.27. The fourth-order valence-corrected chi connectivity index (χ4v) is 2.69. The Bertz CT molecular complexity index is 608. The molecule has 1 heterocycles. The van der Waals surface area contributed by atoms with Gasteiger partial charge < -0.3 is 14.4 Å². The van der Waals surface area contributed by atoms with Gasteiger partial charge in [-0.1, -0.05) is 12.1 Å². The van der Waals surface area contributed by atoms with Gasteiger partial charge in [-0.25, -0.2) is 4.98 Å². The molecule has 0 saturated carbocycles. The van der Waals surface area contributed by atoms with E-state index in [9.17, 15) is 9.90 Å². The Hall–Kier alpha value is -2.30. The maximum absolute atomic E-state index is 11.2. The Morgan fingerprint density at radius 2 is 2.40 bits per heavy atom. The highest BCUT2D eigenvalue weighted by Gasteiger charge is 2.30. The van der Waals surface area contributed by atoms with Crippen molar-refractivity contribution in [1.82, 2.24) is 9.55 Å². The topological polar surface area (TPSA) is 64.3 Å². The van der Waals surface area contributed by atoms with E-state index in [-0.39, 0.29) is 5.92 Å². The predicted molar refractivity (Wildman–Crippen MR) is 72.9 cm³/mol. The van der Waals surface area contributed by atoms with Crippen molar-refractivity contribution in [1.29, 1.82) is 0 Å². The van der Waals surface area contributed by atoms with E-state index in [4.69, 9.17) is 4.74 Å². The van der Waals surface area contributed by atoms with Crippen molar-refractivity contribution in [3.8, 4) is 5.75 Å². The summed E-state index contributed by atoms with van der Waals surface area (Å²) in [6.07, 6.45) is 6.80. The van der Waals surface area contributed by atoms with Gasteiger partial charge in [-0.2, -0.15) is 0 Å². The number of fused-ring (bicyclic) bond motifs is 1. The first-order chi connectivity index (χ1) is 9.75. The highest BCUT2D eigenvalue weighted by molar-refractivity contribution is 5.78. The van der Waals surface area contributed by atoms with Crippen LogP contribution in [0.3, 0.4) is 0 Å². The molecular formula is C15H16N2O3. The van der Waals surface area contributed by atoms with E-state index in [0.29, 0.717) is 13.0 Å². The molecule has 0 spiro atoms. The normalized spacial score (nSPS) is 16.9. The minimum atomic E-state index is -0.751. The second-order valence-corrected chi connectivity index (χ2v) is 4.90. The molecule has 0 saturated heterocycles. The van der Waals surface area contributed by atoms with Gasteiger partial charge in [-0.15, -0.1) is 0 Å². The molecule has 0 fully saturated rings. The summed E-state index contributed by atoms with van der Waals surface area (Å²) >= 11 is 0. The number of hydrogen-bond acceptors (Lipinski definition) is 3. The molecule has 20 heavy (non-hydrogen) atoms. The molecule has 104 valence electrons. The summed E-state index contributed by atoms with van der Waals surface area (Å²) in [5, 5.41) is 9.20. The van der Waals surface area contributed by atoms with E-state index >= 15 is 0 Å². The van der Waals surface area contributed by atoms with Crippen LogP contribution < -0.4 is 4.74 Å². The second-order valence-electron chi connectivity index (χ2n) is 4.90. The largest absolute Gasteiger partial charge is 0.491 e. The lowest BCUT2D eigenvalue weighted by Crippen LogP contribution is -2.09. The molecular weight excluding hydrogens is 256 g/mol. The Morgan fingerprint density at radius 3 is 3.15 bits per heavy atom. The minimum absolute atomic E-state index is 0.387. The zero-order valence-electron chi connectivity index (χ0n) is 11.0. The molecule has 1 N–H and O–H groups in total. The van der Waals surface area contributed by atoms with Crippen LogP contribution in [0.25, 0.3) is 0 Å². The van der Waals surface area contributed by atoms with Crippen LogP contribution in [0.5, 0.6) is 5.75 Å². The molecule has 1 aliphatic rings. The number of aromatic nitrogens is 2. The summed E-state index contributed by atoms with van der Waals surface area (Å²) in [6, 6.07) is 5.67. The fourth-order valence-electron chi connectivity index (χ4n) is 2.69. The van der Waals surface area contributed by atoms with Crippen molar-refractivity contribution in [2.45, 2.75) is 25.3 Å². The first kappa shape index (κ1) is 12.7. The number of nitrogens with zero attached hydrogens (tertiary/aromatic N) is 2. The van der Waals surface area contributed by atoms with E-state index < -0.39 is 5.97 Å². The molecule has 1 aromatic heterocycles. The molecule has 0 aliphatic heterocycles. The fraction of sp³-hybridized carbons (Fsp3) is 0.333. The number of imidazole rings is 1. The molecule has 5 heteroatoms. The zero-order chi connectivity index (χ0) is 13.9. The molecule has 5 nitrogen and oxygen atoms in total. The van der Waals surface area contributed by atoms with Gasteiger partial charge in [0.1, 0.15) is 12.4 Å². The summed E-state index contributed by atoms with van der Waals surface area (Å²) in [5.74, 6) is -0.326. The van der Waals surface area contributed by atoms with Crippen LogP contribution in [0.2, 0.25) is 0 Å². The van der Waals surface area contributed by atoms with Gasteiger partial charge in [-0.3, -0.25) is 4.79 Å². The number of carboxylic acid groups (broad SMARTS) is 1. The van der Waals surface area contributed by atoms with E-state index in [1.165, 1.54) is 0 Å². The molecule has 3 rings (SSSR count). The summed E-state index contributed by atoms with van der Waals surface area (Å²) in [7, 11) is 0. The van der Waals surface area contributed by atoms with Crippen molar-refractivity contribution in [2.24, 2.45) is 0 Å². The van der Waals surface area contributed by atoms with Gasteiger partial charge in [0.15, 0.2) is 0 Å². The summed E-state index contributed by atoms with van der Waals surface area (Å²) < 4.78 is 7.76. The molecule has 0 bridgehead atoms. The molecule has 1 aliphatic carbocycles. The maximum atomic E-state index is 11.2. The van der Waals surface area contributed by atoms with Crippen molar-refractivity contribution >= 4 is 5.97 Å². The van der Waals surface area contributed by atoms with Crippen LogP contribution in [-0.2, 0) is 17.8 Å². The third-order valence-corrected chi connectivity index (χ3v) is 3.69. The Balaban J connectivity index is 1.70. The number of rotatable bonds is 5. The Kier molecular flexibility index (Phi) is 3.41. The highest BCUT2D eigenvalue weighted by atomic mass is 16.5. The first-order valence-corrected chi connectivity index (χ1v) is 6.69. The smallest absolute Gasteiger partial charge is 0.310 e. The first-order valence-electron chi connectivity index (χ1n) is 6.69. The van der Waals surface area contributed by atoms with Gasteiger partial charge in [0.2, 0.25) is 0 Å². The average Bonchev–Trinajstić information content (AvgIpc) is 3.07. The van der Waals surface area contributed by atoms with E-state index in [2.05, 4.69) is 4.98 Å². The average molecular weight is 272 g/mol. The third kappa shape index (κ3) is 2.39. The number of carbonyl (C=O) groups is 1. The molecule has 0 radical (unpaired) electrons. The SMILES string of the molecule is O=C(O)C1CCc2c(OCCn3ccnc3)cccc21. The van der Waals surface area contributed by atoms with Crippen molar-refractivity contribution in [3.05, 3.63) is 48.0 Å². The number of ether oxygens (including phenoxy) is 1. The second kappa shape index (κ2) is 5.36. The standard InChI is InChI=1S/C15H16N2O3/c18-15(19)13-5-4-12-11(13)2-1-3-14(12)20-9-8-17-7-6-16-10-17/h1-3,6-7,10,13H,4-5,8-9H2,(H,18,19). The van der Waals surface area contributed by atoms with Gasteiger partial charge in [0.05, 0.1) is 18.8 Å². The molecule has 1 unspecified atom stereocenters. The van der Waals surface area contributed by atoms with Crippen LogP contribution in [0.4, 0.5) is 0 Å². The highest BCUT2D eigenvalue weighted by Crippen LogP contribution is 2.38. The molecule has 1 aromatic carbocycles. The van der Waals surface area contributed by atoms with Crippen LogP contribution >= 0.6 is 0 Å². The monoisotopic (exact) mass is 272 g/mol. The lowest BCUT2D eigenvalue weighted by atomic mass is 10.0. The Morgan fingerprint density at radius 1 is 1.50 bits per heavy atom. The van der Waals surface area contributed by atoms with Crippen LogP contribution in [0, 0.1) is 0 Å². The maximum Gasteiger partial charge on any atom is 0.310 e. The van der Waals surface area contributed by atoms with Gasteiger partial charge in [-0.05, 0) is 30.0 Å². The van der Waals surface area contributed by atoms with Gasteiger partial charge in [0, 0.05) is 12.4 Å². The predicted octanol–water partition coefficient (Wildman–Crippen LogP) is 2.08. The molecule has 2 aromatic rings. The molecule has 0 amide bonds. The minimum Gasteiger partial charge on any atom is -0.491 e. The summed E-state index contributed by atoms with van der Waals surface area (Å²) in [4.78, 5) is 15.2. The van der Waals surface area contributed by atoms with Crippen LogP contribution in [-0.4, -0.2) is 27.2 Å². The Labute approximate surface area is 116 Å². The number of aliphatic carboxylic acids is 1. The van der Waals surface area contributed by atoms with E-state index in [1.54, 1.807) is 12.5 Å². The number of benzene rings is 1. The lowest BCUT2D eigenvalue weighted by molar-refractivity contribution is -0.138. The van der Waals surface area contributed by atoms with Crippen LogP contribution in [0.1, 0.15) is 23.5 Å². The van der Waals surface area contributed by atoms with Gasteiger partial charge >= 0.3 is 5.97 Å².